The van der Waals surface area contributed by atoms with Gasteiger partial charge in [0, 0.05) is 6.54 Å². The molecule has 0 aliphatic heterocycles. The standard InChI is InChI=1S/C11H9Cl3N2S/c1-2-15-11-8(14)5-7(13)9(16-11)10-6(12)3-4-17-10/h3-5H,2H2,1H3,(H,15,16). The third-order valence-electron chi connectivity index (χ3n) is 2.11. The third kappa shape index (κ3) is 2.68. The van der Waals surface area contributed by atoms with Crippen molar-refractivity contribution in [1.29, 1.82) is 0 Å². The van der Waals surface area contributed by atoms with Crippen LogP contribution in [0.5, 0.6) is 0 Å². The molecule has 2 heterocycles. The molecule has 0 aliphatic carbocycles. The van der Waals surface area contributed by atoms with Gasteiger partial charge in [-0.05, 0) is 24.4 Å². The molecular formula is C11H9Cl3N2S. The van der Waals surface area contributed by atoms with E-state index in [1.165, 1.54) is 11.3 Å². The minimum absolute atomic E-state index is 0.501. The average molecular weight is 308 g/mol. The summed E-state index contributed by atoms with van der Waals surface area (Å²) in [5, 5.41) is 6.64. The molecule has 90 valence electrons. The number of halogens is 3. The van der Waals surface area contributed by atoms with Gasteiger partial charge in [-0.25, -0.2) is 4.98 Å². The molecule has 0 amide bonds. The van der Waals surface area contributed by atoms with Gasteiger partial charge in [0.05, 0.1) is 19.9 Å². The van der Waals surface area contributed by atoms with E-state index in [1.807, 2.05) is 18.4 Å². The summed E-state index contributed by atoms with van der Waals surface area (Å²) in [6.07, 6.45) is 0. The van der Waals surface area contributed by atoms with Crippen LogP contribution in [-0.4, -0.2) is 11.5 Å². The summed E-state index contributed by atoms with van der Waals surface area (Å²) < 4.78 is 0. The Morgan fingerprint density at radius 2 is 2.00 bits per heavy atom. The Morgan fingerprint density at radius 1 is 1.24 bits per heavy atom. The van der Waals surface area contributed by atoms with E-state index in [0.717, 1.165) is 11.4 Å². The van der Waals surface area contributed by atoms with Crippen molar-refractivity contribution in [2.24, 2.45) is 0 Å². The molecule has 0 unspecified atom stereocenters. The SMILES string of the molecule is CCNc1nc(-c2sccc2Cl)c(Cl)cc1Cl. The minimum atomic E-state index is 0.501. The van der Waals surface area contributed by atoms with Crippen LogP contribution in [0.4, 0.5) is 5.82 Å². The molecule has 0 saturated carbocycles. The Morgan fingerprint density at radius 3 is 2.59 bits per heavy atom. The van der Waals surface area contributed by atoms with Gasteiger partial charge in [-0.2, -0.15) is 0 Å². The Hall–Kier alpha value is -0.480. The number of anilines is 1. The molecule has 2 aromatic rings. The molecule has 0 bridgehead atoms. The molecule has 2 aromatic heterocycles. The normalized spacial score (nSPS) is 10.6. The van der Waals surface area contributed by atoms with E-state index in [2.05, 4.69) is 10.3 Å². The summed E-state index contributed by atoms with van der Waals surface area (Å²) in [5.74, 6) is 0.623. The lowest BCUT2D eigenvalue weighted by Crippen LogP contribution is -2.01. The molecule has 1 N–H and O–H groups in total. The average Bonchev–Trinajstić information content (AvgIpc) is 2.69. The van der Waals surface area contributed by atoms with E-state index >= 15 is 0 Å². The van der Waals surface area contributed by atoms with Crippen LogP contribution >= 0.6 is 46.1 Å². The van der Waals surface area contributed by atoms with Crippen molar-refractivity contribution in [3.05, 3.63) is 32.6 Å². The number of thiophene rings is 1. The lowest BCUT2D eigenvalue weighted by Gasteiger charge is -2.09. The van der Waals surface area contributed by atoms with Gasteiger partial charge in [-0.3, -0.25) is 0 Å². The second-order valence-electron chi connectivity index (χ2n) is 3.28. The quantitative estimate of drug-likeness (QED) is 0.842. The monoisotopic (exact) mass is 306 g/mol. The Labute approximate surface area is 119 Å². The molecule has 0 aromatic carbocycles. The zero-order valence-electron chi connectivity index (χ0n) is 8.93. The molecule has 6 heteroatoms. The summed E-state index contributed by atoms with van der Waals surface area (Å²) in [5.41, 5.74) is 0.659. The first-order valence-corrected chi connectivity index (χ1v) is 6.98. The summed E-state index contributed by atoms with van der Waals surface area (Å²) in [6.45, 7) is 2.72. The zero-order valence-corrected chi connectivity index (χ0v) is 12.0. The van der Waals surface area contributed by atoms with Gasteiger partial charge < -0.3 is 5.32 Å². The maximum Gasteiger partial charge on any atom is 0.145 e. The van der Waals surface area contributed by atoms with Gasteiger partial charge in [-0.1, -0.05) is 34.8 Å². The fourth-order valence-corrected chi connectivity index (χ4v) is 3.10. The molecule has 0 radical (unpaired) electrons. The lowest BCUT2D eigenvalue weighted by molar-refractivity contribution is 1.16. The number of hydrogen-bond acceptors (Lipinski definition) is 3. The Balaban J connectivity index is 2.54. The predicted molar refractivity (Wildman–Crippen MR) is 76.7 cm³/mol. The predicted octanol–water partition coefficient (Wildman–Crippen LogP) is 5.20. The molecule has 0 fully saturated rings. The third-order valence-corrected chi connectivity index (χ3v) is 4.03. The Kier molecular flexibility index (Phi) is 4.15. The second kappa shape index (κ2) is 5.44. The van der Waals surface area contributed by atoms with Gasteiger partial charge in [-0.15, -0.1) is 11.3 Å². The van der Waals surface area contributed by atoms with E-state index in [0.29, 0.717) is 26.6 Å². The van der Waals surface area contributed by atoms with Gasteiger partial charge in [0.2, 0.25) is 0 Å². The first-order valence-electron chi connectivity index (χ1n) is 4.96. The van der Waals surface area contributed by atoms with Crippen molar-refractivity contribution in [3.63, 3.8) is 0 Å². The molecular weight excluding hydrogens is 299 g/mol. The second-order valence-corrected chi connectivity index (χ2v) is 5.41. The van der Waals surface area contributed by atoms with Crippen molar-refractivity contribution in [1.82, 2.24) is 4.98 Å². The first kappa shape index (κ1) is 13.0. The van der Waals surface area contributed by atoms with Crippen molar-refractivity contribution in [3.8, 4) is 10.6 Å². The topological polar surface area (TPSA) is 24.9 Å². The van der Waals surface area contributed by atoms with Crippen molar-refractivity contribution < 1.29 is 0 Å². The first-order chi connectivity index (χ1) is 8.13. The van der Waals surface area contributed by atoms with Crippen molar-refractivity contribution in [2.45, 2.75) is 6.92 Å². The maximum absolute atomic E-state index is 6.14. The number of aromatic nitrogens is 1. The van der Waals surface area contributed by atoms with Crippen molar-refractivity contribution >= 4 is 52.0 Å². The van der Waals surface area contributed by atoms with Crippen molar-refractivity contribution in [2.75, 3.05) is 11.9 Å². The summed E-state index contributed by atoms with van der Waals surface area (Å²) in [4.78, 5) is 5.27. The van der Waals surface area contributed by atoms with Crippen LogP contribution in [0, 0.1) is 0 Å². The van der Waals surface area contributed by atoms with Gasteiger partial charge >= 0.3 is 0 Å². The van der Waals surface area contributed by atoms with Gasteiger partial charge in [0.1, 0.15) is 11.5 Å². The number of nitrogens with one attached hydrogen (secondary N) is 1. The van der Waals surface area contributed by atoms with Crippen LogP contribution in [-0.2, 0) is 0 Å². The highest BCUT2D eigenvalue weighted by atomic mass is 35.5. The van der Waals surface area contributed by atoms with E-state index in [-0.39, 0.29) is 0 Å². The summed E-state index contributed by atoms with van der Waals surface area (Å²) >= 11 is 19.8. The molecule has 17 heavy (non-hydrogen) atoms. The zero-order chi connectivity index (χ0) is 12.4. The molecule has 2 nitrogen and oxygen atoms in total. The van der Waals surface area contributed by atoms with Gasteiger partial charge in [0.15, 0.2) is 0 Å². The fourth-order valence-electron chi connectivity index (χ4n) is 1.38. The molecule has 2 rings (SSSR count). The summed E-state index contributed by atoms with van der Waals surface area (Å²) in [7, 11) is 0. The van der Waals surface area contributed by atoms with Crippen LogP contribution < -0.4 is 5.32 Å². The van der Waals surface area contributed by atoms with Crippen LogP contribution in [0.15, 0.2) is 17.5 Å². The lowest BCUT2D eigenvalue weighted by atomic mass is 10.3. The van der Waals surface area contributed by atoms with Gasteiger partial charge in [0.25, 0.3) is 0 Å². The van der Waals surface area contributed by atoms with E-state index < -0.39 is 0 Å². The highest BCUT2D eigenvalue weighted by Gasteiger charge is 2.14. The fraction of sp³-hybridized carbons (Fsp3) is 0.182. The highest BCUT2D eigenvalue weighted by Crippen LogP contribution is 2.38. The van der Waals surface area contributed by atoms with E-state index in [1.54, 1.807) is 6.07 Å². The van der Waals surface area contributed by atoms with E-state index in [9.17, 15) is 0 Å². The smallest absolute Gasteiger partial charge is 0.145 e. The molecule has 0 spiro atoms. The van der Waals surface area contributed by atoms with Crippen LogP contribution in [0.25, 0.3) is 10.6 Å². The maximum atomic E-state index is 6.14. The van der Waals surface area contributed by atoms with E-state index in [4.69, 9.17) is 34.8 Å². The van der Waals surface area contributed by atoms with Crippen LogP contribution in [0.3, 0.4) is 0 Å². The summed E-state index contributed by atoms with van der Waals surface area (Å²) in [6, 6.07) is 3.50. The number of hydrogen-bond donors (Lipinski definition) is 1. The molecule has 0 atom stereocenters. The Bertz CT molecular complexity index is 540. The molecule has 0 saturated heterocycles. The van der Waals surface area contributed by atoms with Crippen LogP contribution in [0.1, 0.15) is 6.92 Å². The number of rotatable bonds is 3. The van der Waals surface area contributed by atoms with Crippen LogP contribution in [0.2, 0.25) is 15.1 Å². The minimum Gasteiger partial charge on any atom is -0.369 e. The number of nitrogens with zero attached hydrogens (tertiary/aromatic N) is 1. The highest BCUT2D eigenvalue weighted by molar-refractivity contribution is 7.14. The largest absolute Gasteiger partial charge is 0.369 e. The molecule has 0 aliphatic rings. The number of pyridine rings is 1.